The molecule has 2 unspecified atom stereocenters. The molecular formula is C7H11NO2. The zero-order valence-corrected chi connectivity index (χ0v) is 5.82. The molecular weight excluding hydrogens is 130 g/mol. The third-order valence-electron chi connectivity index (χ3n) is 1.98. The van der Waals surface area contributed by atoms with Crippen LogP contribution in [-0.2, 0) is 9.47 Å². The topological polar surface area (TPSA) is 30.8 Å². The molecule has 3 nitrogen and oxygen atoms in total. The Kier molecular flexibility index (Phi) is 1.59. The van der Waals surface area contributed by atoms with Gasteiger partial charge in [0.2, 0.25) is 0 Å². The molecule has 2 aliphatic heterocycles. The highest BCUT2D eigenvalue weighted by Gasteiger charge is 2.28. The third-order valence-corrected chi connectivity index (χ3v) is 1.98. The van der Waals surface area contributed by atoms with Crippen LogP contribution in [-0.4, -0.2) is 31.8 Å². The molecule has 2 heterocycles. The zero-order chi connectivity index (χ0) is 6.81. The molecule has 0 bridgehead atoms. The van der Waals surface area contributed by atoms with Gasteiger partial charge in [-0.3, -0.25) is 4.99 Å². The van der Waals surface area contributed by atoms with Crippen molar-refractivity contribution in [2.24, 2.45) is 4.99 Å². The summed E-state index contributed by atoms with van der Waals surface area (Å²) < 4.78 is 10.7. The molecule has 0 saturated carbocycles. The molecule has 0 aliphatic carbocycles. The molecule has 1 fully saturated rings. The highest BCUT2D eigenvalue weighted by atomic mass is 16.5. The number of rotatable bonds is 1. The number of ether oxygens (including phenoxy) is 2. The minimum Gasteiger partial charge on any atom is -0.476 e. The van der Waals surface area contributed by atoms with Crippen molar-refractivity contribution in [3.63, 3.8) is 0 Å². The molecule has 10 heavy (non-hydrogen) atoms. The van der Waals surface area contributed by atoms with Gasteiger partial charge >= 0.3 is 0 Å². The van der Waals surface area contributed by atoms with Crippen LogP contribution < -0.4 is 0 Å². The van der Waals surface area contributed by atoms with Gasteiger partial charge < -0.3 is 9.47 Å². The van der Waals surface area contributed by atoms with Gasteiger partial charge in [0.15, 0.2) is 6.40 Å². The highest BCUT2D eigenvalue weighted by Crippen LogP contribution is 2.19. The van der Waals surface area contributed by atoms with Crippen LogP contribution in [0.25, 0.3) is 0 Å². The number of hydrogen-bond donors (Lipinski definition) is 0. The summed E-state index contributed by atoms with van der Waals surface area (Å²) in [5.74, 6) is 0. The fourth-order valence-electron chi connectivity index (χ4n) is 1.41. The lowest BCUT2D eigenvalue weighted by molar-refractivity contribution is 0.0229. The average Bonchev–Trinajstić information content (AvgIpc) is 2.59. The lowest BCUT2D eigenvalue weighted by atomic mass is 10.1. The first-order valence-electron chi connectivity index (χ1n) is 3.72. The van der Waals surface area contributed by atoms with Gasteiger partial charge in [-0.25, -0.2) is 0 Å². The van der Waals surface area contributed by atoms with Crippen LogP contribution >= 0.6 is 0 Å². The normalized spacial score (nSPS) is 38.4. The maximum atomic E-state index is 5.43. The largest absolute Gasteiger partial charge is 0.476 e. The van der Waals surface area contributed by atoms with Crippen LogP contribution in [0.15, 0.2) is 4.99 Å². The van der Waals surface area contributed by atoms with E-state index in [2.05, 4.69) is 4.99 Å². The van der Waals surface area contributed by atoms with Gasteiger partial charge in [0.05, 0.1) is 12.6 Å². The molecule has 0 N–H and O–H groups in total. The molecule has 0 spiro atoms. The van der Waals surface area contributed by atoms with Crippen LogP contribution in [0.1, 0.15) is 12.8 Å². The van der Waals surface area contributed by atoms with E-state index in [0.29, 0.717) is 6.10 Å². The van der Waals surface area contributed by atoms with E-state index in [1.807, 2.05) is 0 Å². The van der Waals surface area contributed by atoms with Crippen molar-refractivity contribution in [2.45, 2.75) is 25.0 Å². The van der Waals surface area contributed by atoms with Crippen LogP contribution in [0.2, 0.25) is 0 Å². The summed E-state index contributed by atoms with van der Waals surface area (Å²) in [5, 5.41) is 0. The molecule has 0 aromatic carbocycles. The Balaban J connectivity index is 1.87. The highest BCUT2D eigenvalue weighted by molar-refractivity contribution is 5.49. The maximum absolute atomic E-state index is 5.43. The molecule has 1 saturated heterocycles. The Morgan fingerprint density at radius 1 is 1.40 bits per heavy atom. The number of hydrogen-bond acceptors (Lipinski definition) is 3. The quantitative estimate of drug-likeness (QED) is 0.535. The summed E-state index contributed by atoms with van der Waals surface area (Å²) >= 11 is 0. The Morgan fingerprint density at radius 2 is 2.40 bits per heavy atom. The van der Waals surface area contributed by atoms with Crippen molar-refractivity contribution in [2.75, 3.05) is 13.2 Å². The Labute approximate surface area is 60.0 Å². The van der Waals surface area contributed by atoms with E-state index >= 15 is 0 Å². The minimum atomic E-state index is 0.211. The molecule has 2 aliphatic rings. The second-order valence-electron chi connectivity index (χ2n) is 2.70. The van der Waals surface area contributed by atoms with Crippen molar-refractivity contribution in [1.29, 1.82) is 0 Å². The van der Waals surface area contributed by atoms with E-state index < -0.39 is 0 Å². The SMILES string of the molecule is C1=NCC(C2CCCO2)O1. The fraction of sp³-hybridized carbons (Fsp3) is 0.857. The maximum Gasteiger partial charge on any atom is 0.170 e. The van der Waals surface area contributed by atoms with Gasteiger partial charge in [-0.15, -0.1) is 0 Å². The van der Waals surface area contributed by atoms with Gasteiger partial charge in [0.25, 0.3) is 0 Å². The van der Waals surface area contributed by atoms with Crippen molar-refractivity contribution in [3.8, 4) is 0 Å². The van der Waals surface area contributed by atoms with E-state index in [9.17, 15) is 0 Å². The Morgan fingerprint density at radius 3 is 3.00 bits per heavy atom. The van der Waals surface area contributed by atoms with Crippen LogP contribution in [0, 0.1) is 0 Å². The summed E-state index contributed by atoms with van der Waals surface area (Å²) in [6.07, 6.45) is 4.36. The van der Waals surface area contributed by atoms with E-state index in [1.165, 1.54) is 12.8 Å². The summed E-state index contributed by atoms with van der Waals surface area (Å²) in [6, 6.07) is 0. The van der Waals surface area contributed by atoms with E-state index in [-0.39, 0.29) is 6.10 Å². The number of aliphatic imine (C=N–C) groups is 1. The standard InChI is InChI=1S/C7H11NO2/c1-2-6(9-3-1)7-4-8-5-10-7/h5-7H,1-4H2. The summed E-state index contributed by atoms with van der Waals surface area (Å²) in [7, 11) is 0. The molecule has 0 radical (unpaired) electrons. The second-order valence-corrected chi connectivity index (χ2v) is 2.70. The second kappa shape index (κ2) is 2.58. The molecule has 0 aromatic rings. The van der Waals surface area contributed by atoms with Gasteiger partial charge in [-0.2, -0.15) is 0 Å². The first-order chi connectivity index (χ1) is 4.97. The minimum absolute atomic E-state index is 0.211. The molecule has 0 amide bonds. The van der Waals surface area contributed by atoms with Crippen molar-refractivity contribution < 1.29 is 9.47 Å². The van der Waals surface area contributed by atoms with E-state index in [4.69, 9.17) is 9.47 Å². The van der Waals surface area contributed by atoms with Gasteiger partial charge in [-0.05, 0) is 12.8 Å². The van der Waals surface area contributed by atoms with Gasteiger partial charge in [0.1, 0.15) is 6.10 Å². The van der Waals surface area contributed by atoms with Gasteiger partial charge in [-0.1, -0.05) is 0 Å². The van der Waals surface area contributed by atoms with Crippen molar-refractivity contribution in [1.82, 2.24) is 0 Å². The molecule has 56 valence electrons. The third kappa shape index (κ3) is 1.01. The smallest absolute Gasteiger partial charge is 0.170 e. The average molecular weight is 141 g/mol. The predicted molar refractivity (Wildman–Crippen MR) is 37.2 cm³/mol. The van der Waals surface area contributed by atoms with Crippen LogP contribution in [0.5, 0.6) is 0 Å². The molecule has 0 aromatic heterocycles. The molecule has 3 heteroatoms. The fourth-order valence-corrected chi connectivity index (χ4v) is 1.41. The first-order valence-corrected chi connectivity index (χ1v) is 3.72. The van der Waals surface area contributed by atoms with Gasteiger partial charge in [0, 0.05) is 6.61 Å². The Hall–Kier alpha value is -0.570. The van der Waals surface area contributed by atoms with Crippen LogP contribution in [0.3, 0.4) is 0 Å². The monoisotopic (exact) mass is 141 g/mol. The lowest BCUT2D eigenvalue weighted by Crippen LogP contribution is -2.27. The Bertz CT molecular complexity index is 133. The number of nitrogens with zero attached hydrogens (tertiary/aromatic N) is 1. The lowest BCUT2D eigenvalue weighted by Gasteiger charge is -2.15. The molecule has 2 atom stereocenters. The zero-order valence-electron chi connectivity index (χ0n) is 5.82. The van der Waals surface area contributed by atoms with Crippen LogP contribution in [0.4, 0.5) is 0 Å². The van der Waals surface area contributed by atoms with Crippen molar-refractivity contribution >= 4 is 6.40 Å². The van der Waals surface area contributed by atoms with E-state index in [1.54, 1.807) is 0 Å². The first kappa shape index (κ1) is 6.16. The molecule has 2 rings (SSSR count). The van der Waals surface area contributed by atoms with E-state index in [0.717, 1.165) is 19.6 Å². The van der Waals surface area contributed by atoms with Crippen molar-refractivity contribution in [3.05, 3.63) is 0 Å². The predicted octanol–water partition coefficient (Wildman–Crippen LogP) is 0.593. The summed E-state index contributed by atoms with van der Waals surface area (Å²) in [6.45, 7) is 1.68. The summed E-state index contributed by atoms with van der Waals surface area (Å²) in [5.41, 5.74) is 0. The summed E-state index contributed by atoms with van der Waals surface area (Å²) in [4.78, 5) is 3.98.